The van der Waals surface area contributed by atoms with E-state index in [0.29, 0.717) is 25.6 Å². The third-order valence-electron chi connectivity index (χ3n) is 4.23. The number of aliphatic imine (C=N–C) groups is 1. The number of nitrogens with one attached hydrogen (secondary N) is 1. The van der Waals surface area contributed by atoms with Gasteiger partial charge in [0.2, 0.25) is 0 Å². The van der Waals surface area contributed by atoms with Crippen molar-refractivity contribution in [2.45, 2.75) is 30.0 Å². The summed E-state index contributed by atoms with van der Waals surface area (Å²) in [7, 11) is -1.43. The first-order chi connectivity index (χ1) is 11.2. The fourth-order valence-electron chi connectivity index (χ4n) is 2.72. The minimum atomic E-state index is -3.10. The van der Waals surface area contributed by atoms with Gasteiger partial charge in [0.15, 0.2) is 15.8 Å². The largest absolute Gasteiger partial charge is 0.352 e. The highest BCUT2D eigenvalue weighted by atomic mass is 32.2. The fourth-order valence-corrected chi connectivity index (χ4v) is 4.68. The Labute approximate surface area is 147 Å². The van der Waals surface area contributed by atoms with E-state index in [1.54, 1.807) is 38.7 Å². The molecule has 134 valence electrons. The first kappa shape index (κ1) is 19.1. The highest BCUT2D eigenvalue weighted by Crippen LogP contribution is 2.24. The van der Waals surface area contributed by atoms with Crippen molar-refractivity contribution in [3.63, 3.8) is 0 Å². The summed E-state index contributed by atoms with van der Waals surface area (Å²) >= 11 is 1.56. The second-order valence-electron chi connectivity index (χ2n) is 6.36. The van der Waals surface area contributed by atoms with Crippen molar-refractivity contribution >= 4 is 27.6 Å². The van der Waals surface area contributed by atoms with Crippen LogP contribution in [0, 0.1) is 5.82 Å². The first-order valence-corrected chi connectivity index (χ1v) is 10.6. The molecule has 1 aliphatic heterocycles. The molecule has 0 amide bonds. The molecule has 0 aromatic heterocycles. The maximum atomic E-state index is 13.5. The predicted octanol–water partition coefficient (Wildman–Crippen LogP) is 2.13. The van der Waals surface area contributed by atoms with Crippen molar-refractivity contribution in [1.82, 2.24) is 10.2 Å². The minimum Gasteiger partial charge on any atom is -0.352 e. The van der Waals surface area contributed by atoms with Gasteiger partial charge in [0.25, 0.3) is 0 Å². The number of thioether (sulfide) groups is 1. The monoisotopic (exact) mass is 373 g/mol. The van der Waals surface area contributed by atoms with Gasteiger partial charge in [-0.05, 0) is 43.9 Å². The molecule has 0 bridgehead atoms. The standard InChI is InChI=1S/C16H24FN3O2S2/c1-16(2)11-20(7-8-24(16,21)22)15(18-3)19-10-12-9-13(17)5-6-14(12)23-4/h5-6,9H,7-8,10-11H2,1-4H3,(H,18,19). The summed E-state index contributed by atoms with van der Waals surface area (Å²) in [4.78, 5) is 7.20. The van der Waals surface area contributed by atoms with Crippen LogP contribution in [0.1, 0.15) is 19.4 Å². The molecule has 1 N–H and O–H groups in total. The highest BCUT2D eigenvalue weighted by Gasteiger charge is 2.40. The molecule has 0 unspecified atom stereocenters. The van der Waals surface area contributed by atoms with Crippen LogP contribution in [0.3, 0.4) is 0 Å². The molecule has 24 heavy (non-hydrogen) atoms. The van der Waals surface area contributed by atoms with Crippen LogP contribution in [0.2, 0.25) is 0 Å². The van der Waals surface area contributed by atoms with Gasteiger partial charge in [0.05, 0.1) is 10.5 Å². The van der Waals surface area contributed by atoms with E-state index < -0.39 is 14.6 Å². The first-order valence-electron chi connectivity index (χ1n) is 7.70. The molecule has 5 nitrogen and oxygen atoms in total. The van der Waals surface area contributed by atoms with Gasteiger partial charge in [0, 0.05) is 31.6 Å². The molecular formula is C16H24FN3O2S2. The number of hydrogen-bond acceptors (Lipinski definition) is 4. The van der Waals surface area contributed by atoms with Crippen LogP contribution in [0.15, 0.2) is 28.1 Å². The Morgan fingerprint density at radius 1 is 1.46 bits per heavy atom. The molecule has 1 aliphatic rings. The fraction of sp³-hybridized carbons (Fsp3) is 0.562. The zero-order valence-electron chi connectivity index (χ0n) is 14.5. The third-order valence-corrected chi connectivity index (χ3v) is 7.61. The van der Waals surface area contributed by atoms with Gasteiger partial charge in [-0.1, -0.05) is 0 Å². The molecule has 0 spiro atoms. The van der Waals surface area contributed by atoms with Crippen LogP contribution in [0.25, 0.3) is 0 Å². The highest BCUT2D eigenvalue weighted by molar-refractivity contribution is 7.98. The van der Waals surface area contributed by atoms with Gasteiger partial charge in [-0.15, -0.1) is 11.8 Å². The molecule has 1 aromatic rings. The van der Waals surface area contributed by atoms with E-state index in [9.17, 15) is 12.8 Å². The van der Waals surface area contributed by atoms with E-state index in [1.165, 1.54) is 12.1 Å². The Hall–Kier alpha value is -1.28. The third kappa shape index (κ3) is 4.03. The van der Waals surface area contributed by atoms with Gasteiger partial charge >= 0.3 is 0 Å². The van der Waals surface area contributed by atoms with Crippen molar-refractivity contribution in [3.8, 4) is 0 Å². The SMILES string of the molecule is CN=C(NCc1cc(F)ccc1SC)N1CCS(=O)(=O)C(C)(C)C1. The number of hydrogen-bond donors (Lipinski definition) is 1. The summed E-state index contributed by atoms with van der Waals surface area (Å²) in [5, 5.41) is 3.22. The van der Waals surface area contributed by atoms with E-state index >= 15 is 0 Å². The van der Waals surface area contributed by atoms with Gasteiger partial charge in [-0.3, -0.25) is 4.99 Å². The van der Waals surface area contributed by atoms with Crippen molar-refractivity contribution in [1.29, 1.82) is 0 Å². The van der Waals surface area contributed by atoms with Gasteiger partial charge in [0.1, 0.15) is 5.82 Å². The number of rotatable bonds is 3. The molecule has 0 saturated carbocycles. The average Bonchev–Trinajstić information content (AvgIpc) is 2.51. The van der Waals surface area contributed by atoms with Gasteiger partial charge in [-0.2, -0.15) is 0 Å². The summed E-state index contributed by atoms with van der Waals surface area (Å²) in [6, 6.07) is 4.72. The molecular weight excluding hydrogens is 349 g/mol. The van der Waals surface area contributed by atoms with Crippen LogP contribution in [-0.4, -0.2) is 56.2 Å². The molecule has 1 saturated heterocycles. The molecule has 1 aromatic carbocycles. The molecule has 2 rings (SSSR count). The lowest BCUT2D eigenvalue weighted by molar-refractivity contribution is 0.353. The lowest BCUT2D eigenvalue weighted by Gasteiger charge is -2.39. The maximum absolute atomic E-state index is 13.5. The topological polar surface area (TPSA) is 61.8 Å². The molecule has 0 atom stereocenters. The quantitative estimate of drug-likeness (QED) is 0.500. The molecule has 1 heterocycles. The van der Waals surface area contributed by atoms with E-state index in [2.05, 4.69) is 10.3 Å². The zero-order chi connectivity index (χ0) is 18.0. The Bertz CT molecular complexity index is 733. The molecule has 0 radical (unpaired) electrons. The van der Waals surface area contributed by atoms with E-state index in [4.69, 9.17) is 0 Å². The van der Waals surface area contributed by atoms with E-state index in [1.807, 2.05) is 11.2 Å². The Morgan fingerprint density at radius 3 is 2.75 bits per heavy atom. The Balaban J connectivity index is 2.10. The lowest BCUT2D eigenvalue weighted by atomic mass is 10.2. The summed E-state index contributed by atoms with van der Waals surface area (Å²) < 4.78 is 36.9. The van der Waals surface area contributed by atoms with Crippen LogP contribution < -0.4 is 5.32 Å². The smallest absolute Gasteiger partial charge is 0.193 e. The van der Waals surface area contributed by atoms with Crippen molar-refractivity contribution < 1.29 is 12.8 Å². The Morgan fingerprint density at radius 2 is 2.17 bits per heavy atom. The maximum Gasteiger partial charge on any atom is 0.193 e. The van der Waals surface area contributed by atoms with E-state index in [-0.39, 0.29) is 11.6 Å². The predicted molar refractivity (Wildman–Crippen MR) is 97.8 cm³/mol. The summed E-state index contributed by atoms with van der Waals surface area (Å²) in [6.07, 6.45) is 1.95. The minimum absolute atomic E-state index is 0.108. The summed E-state index contributed by atoms with van der Waals surface area (Å²) in [5.74, 6) is 0.468. The Kier molecular flexibility index (Phi) is 5.80. The lowest BCUT2D eigenvalue weighted by Crippen LogP contribution is -2.57. The summed E-state index contributed by atoms with van der Waals surface area (Å²) in [6.45, 7) is 4.70. The summed E-state index contributed by atoms with van der Waals surface area (Å²) in [5.41, 5.74) is 0.854. The van der Waals surface area contributed by atoms with Crippen LogP contribution >= 0.6 is 11.8 Å². The van der Waals surface area contributed by atoms with Gasteiger partial charge in [-0.25, -0.2) is 12.8 Å². The zero-order valence-corrected chi connectivity index (χ0v) is 16.1. The van der Waals surface area contributed by atoms with Crippen molar-refractivity contribution in [2.75, 3.05) is 32.1 Å². The van der Waals surface area contributed by atoms with Crippen LogP contribution in [0.4, 0.5) is 4.39 Å². The van der Waals surface area contributed by atoms with Crippen LogP contribution in [0.5, 0.6) is 0 Å². The molecule has 1 fully saturated rings. The van der Waals surface area contributed by atoms with Crippen molar-refractivity contribution in [3.05, 3.63) is 29.6 Å². The number of benzene rings is 1. The normalized spacial score (nSPS) is 20.0. The average molecular weight is 374 g/mol. The molecule has 8 heteroatoms. The molecule has 0 aliphatic carbocycles. The van der Waals surface area contributed by atoms with Gasteiger partial charge < -0.3 is 10.2 Å². The number of guanidine groups is 1. The second kappa shape index (κ2) is 7.31. The number of nitrogens with zero attached hydrogens (tertiary/aromatic N) is 2. The van der Waals surface area contributed by atoms with Crippen LogP contribution in [-0.2, 0) is 16.4 Å². The second-order valence-corrected chi connectivity index (χ2v) is 9.95. The van der Waals surface area contributed by atoms with E-state index in [0.717, 1.165) is 10.5 Å². The number of halogens is 1. The number of sulfone groups is 1. The van der Waals surface area contributed by atoms with Crippen molar-refractivity contribution in [2.24, 2.45) is 4.99 Å².